The smallest absolute Gasteiger partial charge is 0.302 e. The fourth-order valence-electron chi connectivity index (χ4n) is 11.0. The highest BCUT2D eigenvalue weighted by molar-refractivity contribution is 7.13. The van der Waals surface area contributed by atoms with Gasteiger partial charge in [0.2, 0.25) is 23.4 Å². The van der Waals surface area contributed by atoms with Crippen LogP contribution in [0.2, 0.25) is 5.02 Å². The minimum Gasteiger partial charge on any atom is -0.489 e. The standard InChI is InChI=1S/C56H65ClN6O9S/c1-33-47(73-32-59-33)37-19-17-36(18-20-37)44(30-64)60-49(67)45-27-40(71-34(2)65)29-62(45)51(69)48(54(3,4)5)61-46(66)31-70-24-14-12-11-13-15-35-16-22-41-38(25-35)28-63(50(41)68)52-55(6,7)53(56(52,8)9)72-39-21-23-43(58-10)42(57)26-39/h16-23,25-26,32,40,44-45,48,52-53,64H,11-12,14,24,27-31H2,1-9H3,(H,60,67)(H,61,66)/t40-,44+,45+,48-,52?,53?/m1/s1. The van der Waals surface area contributed by atoms with Gasteiger partial charge in [-0.3, -0.25) is 24.0 Å². The van der Waals surface area contributed by atoms with E-state index in [9.17, 15) is 29.1 Å². The first kappa shape index (κ1) is 54.5. The van der Waals surface area contributed by atoms with Crippen LogP contribution in [0.15, 0.2) is 66.2 Å². The van der Waals surface area contributed by atoms with Gasteiger partial charge < -0.3 is 39.8 Å². The second-order valence-corrected chi connectivity index (χ2v) is 22.6. The van der Waals surface area contributed by atoms with Gasteiger partial charge in [0.05, 0.1) is 46.9 Å². The maximum Gasteiger partial charge on any atom is 0.302 e. The number of hydrogen-bond acceptors (Lipinski definition) is 11. The number of aromatic nitrogens is 1. The average molecular weight is 1030 g/mol. The van der Waals surface area contributed by atoms with Gasteiger partial charge in [-0.05, 0) is 72.2 Å². The number of ether oxygens (including phenoxy) is 3. The fourth-order valence-corrected chi connectivity index (χ4v) is 12.0. The summed E-state index contributed by atoms with van der Waals surface area (Å²) in [5.74, 6) is 4.95. The number of likely N-dealkylation sites (tertiary alicyclic amines) is 1. The minimum atomic E-state index is -1.05. The summed E-state index contributed by atoms with van der Waals surface area (Å²) in [5.41, 5.74) is 5.57. The van der Waals surface area contributed by atoms with Gasteiger partial charge in [0.25, 0.3) is 5.91 Å². The van der Waals surface area contributed by atoms with Crippen LogP contribution in [0, 0.1) is 41.6 Å². The highest BCUT2D eigenvalue weighted by atomic mass is 35.5. The number of unbranched alkanes of at least 4 members (excludes halogenated alkanes) is 2. The van der Waals surface area contributed by atoms with Crippen LogP contribution in [0.5, 0.6) is 5.75 Å². The topological polar surface area (TPSA) is 181 Å². The molecule has 1 saturated carbocycles. The molecular weight excluding hydrogens is 968 g/mol. The molecule has 3 aliphatic rings. The fraction of sp³-hybridized carbons (Fsp3) is 0.482. The van der Waals surface area contributed by atoms with E-state index in [1.165, 1.54) is 23.2 Å². The molecule has 17 heteroatoms. The van der Waals surface area contributed by atoms with Crippen molar-refractivity contribution in [3.8, 4) is 28.0 Å². The van der Waals surface area contributed by atoms with Crippen molar-refractivity contribution in [3.05, 3.63) is 111 Å². The average Bonchev–Trinajstić information content (AvgIpc) is 4.05. The molecule has 0 unspecified atom stereocenters. The van der Waals surface area contributed by atoms with Gasteiger partial charge in [0.15, 0.2) is 0 Å². The van der Waals surface area contributed by atoms with Gasteiger partial charge in [-0.2, -0.15) is 0 Å². The summed E-state index contributed by atoms with van der Waals surface area (Å²) in [5, 5.41) is 16.4. The number of halogens is 1. The zero-order valence-electron chi connectivity index (χ0n) is 43.0. The summed E-state index contributed by atoms with van der Waals surface area (Å²) in [6, 6.07) is 15.3. The summed E-state index contributed by atoms with van der Waals surface area (Å²) < 4.78 is 17.7. The van der Waals surface area contributed by atoms with Crippen LogP contribution < -0.4 is 15.4 Å². The van der Waals surface area contributed by atoms with Crippen molar-refractivity contribution in [2.45, 2.75) is 131 Å². The molecule has 7 rings (SSSR count). The van der Waals surface area contributed by atoms with Crippen molar-refractivity contribution < 1.29 is 43.3 Å². The highest BCUT2D eigenvalue weighted by Gasteiger charge is 2.67. The first-order chi connectivity index (χ1) is 34.5. The van der Waals surface area contributed by atoms with E-state index in [1.807, 2.05) is 75.1 Å². The number of esters is 1. The summed E-state index contributed by atoms with van der Waals surface area (Å²) in [6.45, 7) is 24.4. The molecule has 4 amide bonds. The van der Waals surface area contributed by atoms with Gasteiger partial charge in [0, 0.05) is 60.9 Å². The molecule has 15 nitrogen and oxygen atoms in total. The molecule has 73 heavy (non-hydrogen) atoms. The first-order valence-electron chi connectivity index (χ1n) is 24.6. The van der Waals surface area contributed by atoms with E-state index in [1.54, 1.807) is 23.7 Å². The molecular formula is C56H65ClN6O9S. The molecule has 4 atom stereocenters. The molecule has 2 fully saturated rings. The number of thiazole rings is 1. The number of benzene rings is 3. The van der Waals surface area contributed by atoms with Gasteiger partial charge in [-0.25, -0.2) is 9.83 Å². The number of nitrogens with one attached hydrogen (secondary N) is 2. The predicted molar refractivity (Wildman–Crippen MR) is 279 cm³/mol. The summed E-state index contributed by atoms with van der Waals surface area (Å²) in [7, 11) is 0. The number of amides is 4. The lowest BCUT2D eigenvalue weighted by molar-refractivity contribution is -0.199. The monoisotopic (exact) mass is 1030 g/mol. The number of fused-ring (bicyclic) bond motifs is 1. The zero-order chi connectivity index (χ0) is 53.0. The van der Waals surface area contributed by atoms with Gasteiger partial charge in [0.1, 0.15) is 36.6 Å². The van der Waals surface area contributed by atoms with E-state index in [0.29, 0.717) is 53.6 Å². The number of aliphatic hydroxyl groups is 1. The number of aryl methyl sites for hydroxylation is 1. The number of aliphatic hydroxyl groups excluding tert-OH is 1. The second kappa shape index (κ2) is 22.4. The SMILES string of the molecule is [C-]#[N+]c1ccc(OC2C(C)(C)C(N3Cc4cc(C#CCCCCOCC(=O)N[C@H](C(=O)N5C[C@H](OC(C)=O)C[C@H]5C(=O)N[C@@H](CO)c5ccc(-c6scnc6C)cc5)C(C)(C)C)ccc4C3=O)C2(C)C)cc1Cl. The van der Waals surface area contributed by atoms with Gasteiger partial charge >= 0.3 is 5.97 Å². The van der Waals surface area contributed by atoms with Crippen molar-refractivity contribution in [1.29, 1.82) is 0 Å². The van der Waals surface area contributed by atoms with Gasteiger partial charge in [-0.15, -0.1) is 11.3 Å². The molecule has 0 spiro atoms. The largest absolute Gasteiger partial charge is 0.489 e. The highest BCUT2D eigenvalue weighted by Crippen LogP contribution is 2.59. The van der Waals surface area contributed by atoms with Crippen molar-refractivity contribution >= 4 is 58.2 Å². The van der Waals surface area contributed by atoms with Gasteiger partial charge in [-0.1, -0.05) is 102 Å². The lowest BCUT2D eigenvalue weighted by Gasteiger charge is -2.65. The van der Waals surface area contributed by atoms with Crippen LogP contribution in [0.4, 0.5) is 5.69 Å². The van der Waals surface area contributed by atoms with E-state index in [0.717, 1.165) is 33.7 Å². The Hall–Kier alpha value is -6.30. The maximum absolute atomic E-state index is 14.4. The Bertz CT molecular complexity index is 2820. The molecule has 1 aromatic heterocycles. The lowest BCUT2D eigenvalue weighted by Crippen LogP contribution is -2.74. The Kier molecular flexibility index (Phi) is 16.7. The molecule has 4 aromatic rings. The Morgan fingerprint density at radius 3 is 2.38 bits per heavy atom. The Morgan fingerprint density at radius 1 is 1.03 bits per heavy atom. The van der Waals surface area contributed by atoms with Crippen LogP contribution in [0.1, 0.15) is 120 Å². The second-order valence-electron chi connectivity index (χ2n) is 21.4. The van der Waals surface area contributed by atoms with Crippen molar-refractivity contribution in [2.24, 2.45) is 16.2 Å². The molecule has 0 bridgehead atoms. The van der Waals surface area contributed by atoms with Crippen LogP contribution in [0.3, 0.4) is 0 Å². The van der Waals surface area contributed by atoms with E-state index in [-0.39, 0.29) is 48.5 Å². The Labute approximate surface area is 437 Å². The minimum absolute atomic E-state index is 0.0121. The van der Waals surface area contributed by atoms with Crippen molar-refractivity contribution in [1.82, 2.24) is 25.4 Å². The van der Waals surface area contributed by atoms with E-state index in [2.05, 4.69) is 60.0 Å². The van der Waals surface area contributed by atoms with Crippen LogP contribution >= 0.6 is 22.9 Å². The number of nitrogens with zero attached hydrogens (tertiary/aromatic N) is 4. The molecule has 3 heterocycles. The Balaban J connectivity index is 0.878. The van der Waals surface area contributed by atoms with Crippen LogP contribution in [-0.4, -0.2) is 106 Å². The molecule has 1 aliphatic carbocycles. The molecule has 0 radical (unpaired) electrons. The molecule has 1 saturated heterocycles. The summed E-state index contributed by atoms with van der Waals surface area (Å²) >= 11 is 7.82. The summed E-state index contributed by atoms with van der Waals surface area (Å²) in [6.07, 6.45) is 1.04. The predicted octanol–water partition coefficient (Wildman–Crippen LogP) is 8.61. The number of carbonyl (C=O) groups excluding carboxylic acids is 5. The van der Waals surface area contributed by atoms with Crippen molar-refractivity contribution in [3.63, 3.8) is 0 Å². The van der Waals surface area contributed by atoms with E-state index in [4.69, 9.17) is 32.4 Å². The summed E-state index contributed by atoms with van der Waals surface area (Å²) in [4.78, 5) is 79.5. The van der Waals surface area contributed by atoms with Crippen LogP contribution in [-0.2, 0) is 35.2 Å². The maximum atomic E-state index is 14.4. The Morgan fingerprint density at radius 2 is 1.75 bits per heavy atom. The third-order valence-corrected chi connectivity index (χ3v) is 15.3. The quantitative estimate of drug-likeness (QED) is 0.0401. The normalized spacial score (nSPS) is 20.4. The molecule has 386 valence electrons. The van der Waals surface area contributed by atoms with Crippen molar-refractivity contribution in [2.75, 3.05) is 26.4 Å². The first-order valence-corrected chi connectivity index (χ1v) is 25.8. The molecule has 2 aliphatic heterocycles. The van der Waals surface area contributed by atoms with E-state index >= 15 is 0 Å². The zero-order valence-corrected chi connectivity index (χ0v) is 44.5. The number of carbonyl (C=O) groups is 5. The molecule has 3 aromatic carbocycles. The van der Waals surface area contributed by atoms with E-state index < -0.39 is 59.9 Å². The third-order valence-electron chi connectivity index (χ3n) is 14.0. The molecule has 3 N–H and O–H groups in total. The third kappa shape index (κ3) is 12.1. The number of hydrogen-bond donors (Lipinski definition) is 3. The van der Waals surface area contributed by atoms with Crippen LogP contribution in [0.25, 0.3) is 15.3 Å². The lowest BCUT2D eigenvalue weighted by atomic mass is 9.49. The number of rotatable bonds is 17.